The molecule has 4 nitrogen and oxygen atoms in total. The monoisotopic (exact) mass is 170 g/mol. The third-order valence-electron chi connectivity index (χ3n) is 2.93. The molecular formula is C8H10O4. The first-order chi connectivity index (χ1) is 5.49. The number of ether oxygens (including phenoxy) is 1. The number of carbonyl (C=O) groups is 2. The summed E-state index contributed by atoms with van der Waals surface area (Å²) in [6, 6.07) is 0. The highest BCUT2D eigenvalue weighted by Gasteiger charge is 2.63. The highest BCUT2D eigenvalue weighted by Crippen LogP contribution is 2.53. The molecule has 0 radical (unpaired) electrons. The van der Waals surface area contributed by atoms with Gasteiger partial charge in [0.15, 0.2) is 0 Å². The molecule has 0 aromatic rings. The van der Waals surface area contributed by atoms with Crippen molar-refractivity contribution in [2.45, 2.75) is 31.8 Å². The maximum absolute atomic E-state index is 11.2. The molecule has 0 spiro atoms. The van der Waals surface area contributed by atoms with Gasteiger partial charge in [-0.05, 0) is 19.8 Å². The van der Waals surface area contributed by atoms with Gasteiger partial charge in [-0.3, -0.25) is 4.79 Å². The van der Waals surface area contributed by atoms with E-state index in [-0.39, 0.29) is 5.97 Å². The van der Waals surface area contributed by atoms with Crippen LogP contribution < -0.4 is 0 Å². The van der Waals surface area contributed by atoms with Crippen LogP contribution in [0.25, 0.3) is 0 Å². The molecule has 2 fully saturated rings. The van der Waals surface area contributed by atoms with E-state index in [1.54, 1.807) is 6.92 Å². The lowest BCUT2D eigenvalue weighted by Crippen LogP contribution is -2.37. The van der Waals surface area contributed by atoms with Crippen LogP contribution in [0.1, 0.15) is 26.2 Å². The van der Waals surface area contributed by atoms with Gasteiger partial charge in [0, 0.05) is 6.42 Å². The van der Waals surface area contributed by atoms with Gasteiger partial charge < -0.3 is 9.84 Å². The smallest absolute Gasteiger partial charge is 0.348 e. The van der Waals surface area contributed by atoms with E-state index in [4.69, 9.17) is 9.84 Å². The number of carboxylic acid groups (broad SMARTS) is 1. The van der Waals surface area contributed by atoms with Crippen LogP contribution in [0.15, 0.2) is 0 Å². The van der Waals surface area contributed by atoms with E-state index >= 15 is 0 Å². The van der Waals surface area contributed by atoms with E-state index in [1.165, 1.54) is 0 Å². The summed E-state index contributed by atoms with van der Waals surface area (Å²) in [6.45, 7) is 1.77. The van der Waals surface area contributed by atoms with Crippen molar-refractivity contribution < 1.29 is 19.4 Å². The zero-order chi connectivity index (χ0) is 8.98. The van der Waals surface area contributed by atoms with Gasteiger partial charge in [-0.2, -0.15) is 0 Å². The molecule has 0 aromatic carbocycles. The first kappa shape index (κ1) is 7.58. The quantitative estimate of drug-likeness (QED) is 0.584. The summed E-state index contributed by atoms with van der Waals surface area (Å²) in [7, 11) is 0. The molecule has 1 heterocycles. The van der Waals surface area contributed by atoms with Crippen LogP contribution in [0, 0.1) is 5.41 Å². The predicted octanol–water partition coefficient (Wildman–Crippen LogP) is 0.557. The van der Waals surface area contributed by atoms with Gasteiger partial charge in [-0.15, -0.1) is 0 Å². The van der Waals surface area contributed by atoms with Crippen molar-refractivity contribution in [1.29, 1.82) is 0 Å². The number of hydrogen-bond donors (Lipinski definition) is 1. The highest BCUT2D eigenvalue weighted by molar-refractivity contribution is 5.90. The summed E-state index contributed by atoms with van der Waals surface area (Å²) in [5.41, 5.74) is -1.72. The lowest BCUT2D eigenvalue weighted by Gasteiger charge is -2.22. The van der Waals surface area contributed by atoms with Crippen molar-refractivity contribution in [2.24, 2.45) is 5.41 Å². The number of rotatable bonds is 1. The van der Waals surface area contributed by atoms with Gasteiger partial charge in [0.2, 0.25) is 5.60 Å². The summed E-state index contributed by atoms with van der Waals surface area (Å²) in [5, 5.41) is 8.85. The Morgan fingerprint density at radius 3 is 2.50 bits per heavy atom. The SMILES string of the molecule is C[C@@]12CC[C@@](C(=O)O)(C1)OC2=O. The molecule has 2 rings (SSSR count). The van der Waals surface area contributed by atoms with Gasteiger partial charge in [-0.25, -0.2) is 4.79 Å². The van der Waals surface area contributed by atoms with E-state index in [9.17, 15) is 9.59 Å². The molecule has 1 saturated heterocycles. The molecule has 2 atom stereocenters. The summed E-state index contributed by atoms with van der Waals surface area (Å²) < 4.78 is 4.87. The minimum atomic E-state index is -1.19. The van der Waals surface area contributed by atoms with E-state index in [1.807, 2.05) is 0 Å². The van der Waals surface area contributed by atoms with Crippen LogP contribution in [0.2, 0.25) is 0 Å². The standard InChI is InChI=1S/C8H10O4/c1-7-2-3-8(4-7,5(9)10)12-6(7)11/h2-4H2,1H3,(H,9,10)/t7-,8+/m1/s1. The van der Waals surface area contributed by atoms with Gasteiger partial charge in [0.1, 0.15) is 0 Å². The maximum atomic E-state index is 11.2. The summed E-state index contributed by atoms with van der Waals surface area (Å²) >= 11 is 0. The van der Waals surface area contributed by atoms with Gasteiger partial charge in [-0.1, -0.05) is 0 Å². The second-order valence-corrected chi connectivity index (χ2v) is 3.93. The minimum Gasteiger partial charge on any atom is -0.478 e. The molecule has 0 aromatic heterocycles. The fourth-order valence-electron chi connectivity index (χ4n) is 2.07. The lowest BCUT2D eigenvalue weighted by molar-refractivity contribution is -0.175. The van der Waals surface area contributed by atoms with Crippen molar-refractivity contribution in [1.82, 2.24) is 0 Å². The van der Waals surface area contributed by atoms with Crippen molar-refractivity contribution in [3.05, 3.63) is 0 Å². The second-order valence-electron chi connectivity index (χ2n) is 3.93. The molecule has 66 valence electrons. The van der Waals surface area contributed by atoms with Gasteiger partial charge in [0.05, 0.1) is 5.41 Å². The summed E-state index contributed by atoms with van der Waals surface area (Å²) in [4.78, 5) is 22.0. The van der Waals surface area contributed by atoms with Crippen LogP contribution in [-0.2, 0) is 14.3 Å². The zero-order valence-electron chi connectivity index (χ0n) is 6.79. The summed E-state index contributed by atoms with van der Waals surface area (Å²) in [5.74, 6) is -1.35. The Balaban J connectivity index is 2.37. The van der Waals surface area contributed by atoms with E-state index in [0.29, 0.717) is 19.3 Å². The largest absolute Gasteiger partial charge is 0.478 e. The Morgan fingerprint density at radius 1 is 1.58 bits per heavy atom. The molecule has 0 unspecified atom stereocenters. The average molecular weight is 170 g/mol. The third-order valence-corrected chi connectivity index (χ3v) is 2.93. The number of carboxylic acids is 1. The molecule has 12 heavy (non-hydrogen) atoms. The fraction of sp³-hybridized carbons (Fsp3) is 0.750. The zero-order valence-corrected chi connectivity index (χ0v) is 6.79. The Hall–Kier alpha value is -1.06. The topological polar surface area (TPSA) is 63.6 Å². The Kier molecular flexibility index (Phi) is 1.14. The molecule has 1 aliphatic heterocycles. The van der Waals surface area contributed by atoms with Crippen LogP contribution >= 0.6 is 0 Å². The van der Waals surface area contributed by atoms with Crippen molar-refractivity contribution >= 4 is 11.9 Å². The van der Waals surface area contributed by atoms with Crippen LogP contribution in [0.4, 0.5) is 0 Å². The summed E-state index contributed by atoms with van der Waals surface area (Å²) in [6.07, 6.45) is 1.44. The number of fused-ring (bicyclic) bond motifs is 2. The van der Waals surface area contributed by atoms with Crippen molar-refractivity contribution in [2.75, 3.05) is 0 Å². The van der Waals surface area contributed by atoms with Crippen LogP contribution in [0.3, 0.4) is 0 Å². The Bertz CT molecular complexity index is 272. The van der Waals surface area contributed by atoms with Gasteiger partial charge in [0.25, 0.3) is 0 Å². The van der Waals surface area contributed by atoms with E-state index < -0.39 is 17.0 Å². The minimum absolute atomic E-state index is 0.341. The first-order valence-electron chi connectivity index (χ1n) is 3.95. The van der Waals surface area contributed by atoms with E-state index in [0.717, 1.165) is 0 Å². The fourth-order valence-corrected chi connectivity index (χ4v) is 2.07. The third kappa shape index (κ3) is 0.673. The number of aliphatic carboxylic acids is 1. The molecule has 2 bridgehead atoms. The Morgan fingerprint density at radius 2 is 2.25 bits per heavy atom. The maximum Gasteiger partial charge on any atom is 0.348 e. The second kappa shape index (κ2) is 1.81. The molecule has 2 aliphatic rings. The predicted molar refractivity (Wildman–Crippen MR) is 38.4 cm³/mol. The van der Waals surface area contributed by atoms with Crippen LogP contribution in [0.5, 0.6) is 0 Å². The average Bonchev–Trinajstić information content (AvgIpc) is 2.41. The normalized spacial score (nSPS) is 44.6. The van der Waals surface area contributed by atoms with E-state index in [2.05, 4.69) is 0 Å². The molecule has 1 N–H and O–H groups in total. The lowest BCUT2D eigenvalue weighted by atomic mass is 9.90. The van der Waals surface area contributed by atoms with Crippen molar-refractivity contribution in [3.63, 3.8) is 0 Å². The molecule has 0 amide bonds. The highest BCUT2D eigenvalue weighted by atomic mass is 16.6. The van der Waals surface area contributed by atoms with Crippen molar-refractivity contribution in [3.8, 4) is 0 Å². The molecule has 1 saturated carbocycles. The first-order valence-corrected chi connectivity index (χ1v) is 3.95. The molecular weight excluding hydrogens is 160 g/mol. The Labute approximate surface area is 69.5 Å². The molecule has 1 aliphatic carbocycles. The molecule has 4 heteroatoms. The van der Waals surface area contributed by atoms with Gasteiger partial charge >= 0.3 is 11.9 Å². The number of carbonyl (C=O) groups excluding carboxylic acids is 1. The number of hydrogen-bond acceptors (Lipinski definition) is 3. The number of esters is 1. The van der Waals surface area contributed by atoms with Crippen LogP contribution in [-0.4, -0.2) is 22.6 Å².